The lowest BCUT2D eigenvalue weighted by Gasteiger charge is -2.13. The van der Waals surface area contributed by atoms with Crippen LogP contribution in [-0.2, 0) is 0 Å². The quantitative estimate of drug-likeness (QED) is 0.801. The van der Waals surface area contributed by atoms with E-state index < -0.39 is 6.10 Å². The van der Waals surface area contributed by atoms with Crippen LogP contribution in [0.5, 0.6) is 0 Å². The van der Waals surface area contributed by atoms with E-state index in [0.29, 0.717) is 23.0 Å². The van der Waals surface area contributed by atoms with Crippen molar-refractivity contribution in [3.63, 3.8) is 0 Å². The number of carbonyl (C=O) groups is 1. The zero-order valence-corrected chi connectivity index (χ0v) is 13.7. The third-order valence-corrected chi connectivity index (χ3v) is 4.03. The van der Waals surface area contributed by atoms with Gasteiger partial charge in [0, 0.05) is 5.56 Å². The van der Waals surface area contributed by atoms with Gasteiger partial charge < -0.3 is 5.11 Å². The van der Waals surface area contributed by atoms with Gasteiger partial charge in [-0.15, -0.1) is 0 Å². The van der Waals surface area contributed by atoms with Crippen molar-refractivity contribution in [2.45, 2.75) is 45.6 Å². The van der Waals surface area contributed by atoms with E-state index >= 15 is 0 Å². The molecule has 0 saturated heterocycles. The topological polar surface area (TPSA) is 37.3 Å². The summed E-state index contributed by atoms with van der Waals surface area (Å²) in [6.45, 7) is 8.46. The van der Waals surface area contributed by atoms with Crippen LogP contribution in [-0.4, -0.2) is 10.9 Å². The third kappa shape index (κ3) is 3.63. The van der Waals surface area contributed by atoms with E-state index in [-0.39, 0.29) is 5.78 Å². The van der Waals surface area contributed by atoms with Gasteiger partial charge >= 0.3 is 0 Å². The minimum atomic E-state index is -1.11. The predicted molar refractivity (Wildman–Crippen MR) is 90.4 cm³/mol. The number of ketones is 1. The first-order valence-electron chi connectivity index (χ1n) is 7.82. The molecule has 2 aromatic carbocycles. The second-order valence-corrected chi connectivity index (χ2v) is 6.36. The highest BCUT2D eigenvalue weighted by Gasteiger charge is 2.19. The van der Waals surface area contributed by atoms with Gasteiger partial charge in [-0.25, -0.2) is 0 Å². The Morgan fingerprint density at radius 2 is 1.09 bits per heavy atom. The minimum absolute atomic E-state index is 0.257. The molecule has 1 N–H and O–H groups in total. The summed E-state index contributed by atoms with van der Waals surface area (Å²) in [5.41, 5.74) is 3.57. The highest BCUT2D eigenvalue weighted by molar-refractivity contribution is 5.99. The maximum absolute atomic E-state index is 12.4. The molecule has 1 atom stereocenters. The van der Waals surface area contributed by atoms with Gasteiger partial charge in [0.05, 0.1) is 0 Å². The standard InChI is InChI=1S/C20H24O2/c1-13(2)15-5-9-17(10-6-15)19(21)20(22)18-11-7-16(8-12-18)14(3)4/h5-14,19,21H,1-4H3/t19-/m1/s1. The maximum atomic E-state index is 12.4. The molecule has 116 valence electrons. The fourth-order valence-corrected chi connectivity index (χ4v) is 2.40. The molecule has 0 fully saturated rings. The monoisotopic (exact) mass is 296 g/mol. The molecule has 0 radical (unpaired) electrons. The van der Waals surface area contributed by atoms with Gasteiger partial charge in [-0.1, -0.05) is 76.2 Å². The lowest BCUT2D eigenvalue weighted by atomic mass is 9.95. The molecule has 22 heavy (non-hydrogen) atoms. The molecule has 0 amide bonds. The number of aliphatic hydroxyl groups is 1. The Bertz CT molecular complexity index is 622. The van der Waals surface area contributed by atoms with Gasteiger partial charge in [0.1, 0.15) is 6.10 Å². The van der Waals surface area contributed by atoms with Gasteiger partial charge in [0.25, 0.3) is 0 Å². The molecular formula is C20H24O2. The molecule has 0 saturated carbocycles. The Kier molecular flexibility index (Phi) is 5.15. The van der Waals surface area contributed by atoms with Crippen molar-refractivity contribution in [1.29, 1.82) is 0 Å². The molecule has 0 aliphatic carbocycles. The first kappa shape index (κ1) is 16.4. The lowest BCUT2D eigenvalue weighted by Crippen LogP contribution is -2.12. The smallest absolute Gasteiger partial charge is 0.195 e. The molecule has 0 heterocycles. The summed E-state index contributed by atoms with van der Waals surface area (Å²) in [7, 11) is 0. The van der Waals surface area contributed by atoms with Crippen LogP contribution in [0, 0.1) is 0 Å². The number of benzene rings is 2. The molecule has 2 rings (SSSR count). The number of carbonyl (C=O) groups excluding carboxylic acids is 1. The number of hydrogen-bond acceptors (Lipinski definition) is 2. The molecule has 0 spiro atoms. The van der Waals surface area contributed by atoms with Gasteiger partial charge in [-0.05, 0) is 28.5 Å². The summed E-state index contributed by atoms with van der Waals surface area (Å²) in [5.74, 6) is 0.607. The summed E-state index contributed by atoms with van der Waals surface area (Å²) < 4.78 is 0. The summed E-state index contributed by atoms with van der Waals surface area (Å²) in [6, 6.07) is 15.1. The van der Waals surface area contributed by atoms with E-state index in [1.54, 1.807) is 12.1 Å². The average molecular weight is 296 g/mol. The molecule has 0 aliphatic heterocycles. The first-order valence-corrected chi connectivity index (χ1v) is 7.82. The number of Topliss-reactive ketones (excluding diaryl/α,β-unsaturated/α-hetero) is 1. The van der Waals surface area contributed by atoms with E-state index in [1.165, 1.54) is 11.1 Å². The Balaban J connectivity index is 2.17. The Hall–Kier alpha value is -1.93. The zero-order valence-electron chi connectivity index (χ0n) is 13.7. The van der Waals surface area contributed by atoms with Crippen molar-refractivity contribution in [3.8, 4) is 0 Å². The maximum Gasteiger partial charge on any atom is 0.195 e. The van der Waals surface area contributed by atoms with Crippen LogP contribution >= 0.6 is 0 Å². The first-order chi connectivity index (χ1) is 10.4. The number of aliphatic hydroxyl groups excluding tert-OH is 1. The molecule has 2 aromatic rings. The number of rotatable bonds is 5. The minimum Gasteiger partial charge on any atom is -0.380 e. The summed E-state index contributed by atoms with van der Waals surface area (Å²) in [6.07, 6.45) is -1.11. The molecule has 0 aromatic heterocycles. The van der Waals surface area contributed by atoms with Gasteiger partial charge in [0.2, 0.25) is 0 Å². The van der Waals surface area contributed by atoms with Crippen LogP contribution in [0.2, 0.25) is 0 Å². The van der Waals surface area contributed by atoms with E-state index in [1.807, 2.05) is 36.4 Å². The Morgan fingerprint density at radius 3 is 1.50 bits per heavy atom. The summed E-state index contributed by atoms with van der Waals surface area (Å²) >= 11 is 0. The van der Waals surface area contributed by atoms with Gasteiger partial charge in [0.15, 0.2) is 5.78 Å². The molecule has 2 heteroatoms. The van der Waals surface area contributed by atoms with Crippen LogP contribution in [0.3, 0.4) is 0 Å². The molecular weight excluding hydrogens is 272 g/mol. The lowest BCUT2D eigenvalue weighted by molar-refractivity contribution is 0.0747. The van der Waals surface area contributed by atoms with Crippen LogP contribution in [0.15, 0.2) is 48.5 Å². The van der Waals surface area contributed by atoms with Crippen molar-refractivity contribution >= 4 is 5.78 Å². The molecule has 0 unspecified atom stereocenters. The van der Waals surface area contributed by atoms with Crippen molar-refractivity contribution in [2.24, 2.45) is 0 Å². The van der Waals surface area contributed by atoms with Gasteiger partial charge in [-0.2, -0.15) is 0 Å². The predicted octanol–water partition coefficient (Wildman–Crippen LogP) is 4.85. The highest BCUT2D eigenvalue weighted by Crippen LogP contribution is 2.23. The molecule has 2 nitrogen and oxygen atoms in total. The molecule has 0 aliphatic rings. The largest absolute Gasteiger partial charge is 0.380 e. The van der Waals surface area contributed by atoms with E-state index in [4.69, 9.17) is 0 Å². The Labute approximate surface area is 132 Å². The van der Waals surface area contributed by atoms with E-state index in [2.05, 4.69) is 27.7 Å². The van der Waals surface area contributed by atoms with E-state index in [0.717, 1.165) is 0 Å². The van der Waals surface area contributed by atoms with E-state index in [9.17, 15) is 9.90 Å². The highest BCUT2D eigenvalue weighted by atomic mass is 16.3. The second-order valence-electron chi connectivity index (χ2n) is 6.36. The summed E-state index contributed by atoms with van der Waals surface area (Å²) in [4.78, 5) is 12.4. The van der Waals surface area contributed by atoms with Crippen LogP contribution in [0.25, 0.3) is 0 Å². The fourth-order valence-electron chi connectivity index (χ4n) is 2.40. The van der Waals surface area contributed by atoms with Crippen molar-refractivity contribution in [1.82, 2.24) is 0 Å². The van der Waals surface area contributed by atoms with Crippen LogP contribution in [0.4, 0.5) is 0 Å². The van der Waals surface area contributed by atoms with Crippen LogP contribution < -0.4 is 0 Å². The van der Waals surface area contributed by atoms with Gasteiger partial charge in [-0.3, -0.25) is 4.79 Å². The molecule has 0 bridgehead atoms. The number of hydrogen-bond donors (Lipinski definition) is 1. The second kappa shape index (κ2) is 6.89. The van der Waals surface area contributed by atoms with Crippen LogP contribution in [0.1, 0.15) is 72.7 Å². The fraction of sp³-hybridized carbons (Fsp3) is 0.350. The average Bonchev–Trinajstić information content (AvgIpc) is 2.53. The zero-order chi connectivity index (χ0) is 16.3. The van der Waals surface area contributed by atoms with Crippen molar-refractivity contribution in [2.75, 3.05) is 0 Å². The summed E-state index contributed by atoms with van der Waals surface area (Å²) in [5, 5.41) is 10.3. The Morgan fingerprint density at radius 1 is 0.727 bits per heavy atom. The van der Waals surface area contributed by atoms with Crippen molar-refractivity contribution in [3.05, 3.63) is 70.8 Å². The SMILES string of the molecule is CC(C)c1ccc(C(=O)[C@H](O)c2ccc(C(C)C)cc2)cc1. The van der Waals surface area contributed by atoms with Crippen molar-refractivity contribution < 1.29 is 9.90 Å². The normalized spacial score (nSPS) is 12.7. The third-order valence-electron chi connectivity index (χ3n) is 4.03.